The maximum Gasteiger partial charge on any atom is 0.0702 e. The Morgan fingerprint density at radius 2 is 1.76 bits per heavy atom. The lowest BCUT2D eigenvalue weighted by Gasteiger charge is -2.04. The molecule has 0 spiro atoms. The molecule has 0 aliphatic heterocycles. The van der Waals surface area contributed by atoms with E-state index in [-0.39, 0.29) is 0 Å². The van der Waals surface area contributed by atoms with E-state index in [4.69, 9.17) is 0 Å². The van der Waals surface area contributed by atoms with Gasteiger partial charge in [0.1, 0.15) is 0 Å². The van der Waals surface area contributed by atoms with Gasteiger partial charge in [-0.05, 0) is 36.5 Å². The van der Waals surface area contributed by atoms with E-state index in [9.17, 15) is 0 Å². The highest BCUT2D eigenvalue weighted by Crippen LogP contribution is 2.19. The Balaban J connectivity index is 2.04. The summed E-state index contributed by atoms with van der Waals surface area (Å²) in [6.45, 7) is 4.42. The first-order valence-electron chi connectivity index (χ1n) is 8.05. The molecule has 2 rings (SSSR count). The molecule has 0 unspecified atom stereocenters. The van der Waals surface area contributed by atoms with Crippen molar-refractivity contribution in [3.8, 4) is 11.3 Å². The molecule has 0 bridgehead atoms. The number of aromatic nitrogens is 1. The fourth-order valence-electron chi connectivity index (χ4n) is 2.28. The van der Waals surface area contributed by atoms with E-state index in [0.717, 1.165) is 18.5 Å². The second-order valence-electron chi connectivity index (χ2n) is 5.47. The number of hydrogen-bond donors (Lipinski definition) is 0. The first-order valence-corrected chi connectivity index (χ1v) is 8.05. The van der Waals surface area contributed by atoms with Gasteiger partial charge in [0, 0.05) is 11.8 Å². The highest BCUT2D eigenvalue weighted by Gasteiger charge is 2.00. The fourth-order valence-corrected chi connectivity index (χ4v) is 2.28. The number of nitrogens with zero attached hydrogens (tertiary/aromatic N) is 1. The molecule has 110 valence electrons. The molecule has 1 aromatic carbocycles. The molecule has 1 nitrogen and oxygen atoms in total. The number of benzene rings is 1. The van der Waals surface area contributed by atoms with Crippen molar-refractivity contribution in [3.63, 3.8) is 0 Å². The third kappa shape index (κ3) is 4.86. The van der Waals surface area contributed by atoms with Crippen LogP contribution in [0, 0.1) is 0 Å². The van der Waals surface area contributed by atoms with Crippen LogP contribution in [-0.4, -0.2) is 4.98 Å². The number of aryl methyl sites for hydroxylation is 1. The van der Waals surface area contributed by atoms with Crippen LogP contribution in [0.4, 0.5) is 0 Å². The standard InChI is InChI=1S/C20H25N/c1-3-5-7-9-17-10-13-19(14-11-17)20-15-12-18(16-21-20)8-6-4-2/h7,9-16H,3-6,8H2,1-2H3/b9-7+. The van der Waals surface area contributed by atoms with Gasteiger partial charge in [0.25, 0.3) is 0 Å². The highest BCUT2D eigenvalue weighted by atomic mass is 14.7. The second-order valence-corrected chi connectivity index (χ2v) is 5.47. The van der Waals surface area contributed by atoms with Crippen LogP contribution in [0.3, 0.4) is 0 Å². The minimum absolute atomic E-state index is 1.05. The number of unbranched alkanes of at least 4 members (excludes halogenated alkanes) is 2. The summed E-state index contributed by atoms with van der Waals surface area (Å²) in [6.07, 6.45) is 12.4. The van der Waals surface area contributed by atoms with Crippen LogP contribution in [0.1, 0.15) is 50.7 Å². The summed E-state index contributed by atoms with van der Waals surface area (Å²) in [7, 11) is 0. The summed E-state index contributed by atoms with van der Waals surface area (Å²) in [6, 6.07) is 13.0. The van der Waals surface area contributed by atoms with Crippen LogP contribution < -0.4 is 0 Å². The molecule has 1 heteroatoms. The molecular formula is C20H25N. The van der Waals surface area contributed by atoms with E-state index in [2.05, 4.69) is 67.4 Å². The van der Waals surface area contributed by atoms with Gasteiger partial charge in [-0.2, -0.15) is 0 Å². The van der Waals surface area contributed by atoms with Gasteiger partial charge >= 0.3 is 0 Å². The zero-order valence-electron chi connectivity index (χ0n) is 13.2. The quantitative estimate of drug-likeness (QED) is 0.614. The maximum absolute atomic E-state index is 4.59. The van der Waals surface area contributed by atoms with Gasteiger partial charge in [0.05, 0.1) is 5.69 Å². The van der Waals surface area contributed by atoms with Gasteiger partial charge in [-0.15, -0.1) is 0 Å². The summed E-state index contributed by atoms with van der Waals surface area (Å²) in [5, 5.41) is 0. The van der Waals surface area contributed by atoms with Crippen LogP contribution in [0.15, 0.2) is 48.7 Å². The lowest BCUT2D eigenvalue weighted by atomic mass is 10.1. The number of rotatable bonds is 7. The van der Waals surface area contributed by atoms with Crippen molar-refractivity contribution in [1.29, 1.82) is 0 Å². The summed E-state index contributed by atoms with van der Waals surface area (Å²) in [4.78, 5) is 4.59. The smallest absolute Gasteiger partial charge is 0.0702 e. The van der Waals surface area contributed by atoms with Crippen LogP contribution in [0.5, 0.6) is 0 Å². The van der Waals surface area contributed by atoms with Crippen LogP contribution in [0.2, 0.25) is 0 Å². The zero-order chi connectivity index (χ0) is 14.9. The van der Waals surface area contributed by atoms with Gasteiger partial charge in [0.15, 0.2) is 0 Å². The van der Waals surface area contributed by atoms with E-state index < -0.39 is 0 Å². The van der Waals surface area contributed by atoms with Crippen LogP contribution in [0.25, 0.3) is 17.3 Å². The lowest BCUT2D eigenvalue weighted by molar-refractivity contribution is 0.792. The molecule has 0 atom stereocenters. The van der Waals surface area contributed by atoms with E-state index in [1.165, 1.54) is 36.0 Å². The molecule has 0 radical (unpaired) electrons. The molecule has 0 aliphatic carbocycles. The van der Waals surface area contributed by atoms with Crippen molar-refractivity contribution in [1.82, 2.24) is 4.98 Å². The van der Waals surface area contributed by atoms with Gasteiger partial charge in [0.2, 0.25) is 0 Å². The van der Waals surface area contributed by atoms with Crippen molar-refractivity contribution in [3.05, 3.63) is 59.8 Å². The van der Waals surface area contributed by atoms with E-state index in [1.54, 1.807) is 0 Å². The minimum atomic E-state index is 1.05. The van der Waals surface area contributed by atoms with Gasteiger partial charge < -0.3 is 0 Å². The SMILES string of the molecule is CCC/C=C/c1ccc(-c2ccc(CCCC)cn2)cc1. The monoisotopic (exact) mass is 279 g/mol. The van der Waals surface area contributed by atoms with Crippen molar-refractivity contribution in [2.75, 3.05) is 0 Å². The predicted octanol–water partition coefficient (Wildman–Crippen LogP) is 5.90. The Hall–Kier alpha value is -1.89. The van der Waals surface area contributed by atoms with E-state index >= 15 is 0 Å². The Kier molecular flexibility index (Phi) is 6.21. The zero-order valence-corrected chi connectivity index (χ0v) is 13.2. The van der Waals surface area contributed by atoms with Crippen molar-refractivity contribution in [2.45, 2.75) is 46.0 Å². The number of pyridine rings is 1. The molecule has 21 heavy (non-hydrogen) atoms. The molecule has 0 fully saturated rings. The number of allylic oxidation sites excluding steroid dienone is 1. The molecule has 2 aromatic rings. The Morgan fingerprint density at radius 3 is 2.38 bits per heavy atom. The fraction of sp³-hybridized carbons (Fsp3) is 0.350. The van der Waals surface area contributed by atoms with E-state index in [0.29, 0.717) is 0 Å². The normalized spacial score (nSPS) is 11.1. The highest BCUT2D eigenvalue weighted by molar-refractivity contribution is 5.62. The third-order valence-electron chi connectivity index (χ3n) is 3.62. The van der Waals surface area contributed by atoms with E-state index in [1.807, 2.05) is 6.20 Å². The molecule has 0 aliphatic rings. The van der Waals surface area contributed by atoms with Gasteiger partial charge in [-0.3, -0.25) is 4.98 Å². The molecule has 0 N–H and O–H groups in total. The Labute approximate surface area is 128 Å². The topological polar surface area (TPSA) is 12.9 Å². The molecule has 1 heterocycles. The Morgan fingerprint density at radius 1 is 0.952 bits per heavy atom. The van der Waals surface area contributed by atoms with Crippen LogP contribution >= 0.6 is 0 Å². The summed E-state index contributed by atoms with van der Waals surface area (Å²) < 4.78 is 0. The first-order chi connectivity index (χ1) is 10.3. The molecule has 1 aromatic heterocycles. The average molecular weight is 279 g/mol. The number of hydrogen-bond acceptors (Lipinski definition) is 1. The lowest BCUT2D eigenvalue weighted by Crippen LogP contribution is -1.89. The second kappa shape index (κ2) is 8.41. The molecule has 0 amide bonds. The average Bonchev–Trinajstić information content (AvgIpc) is 2.54. The minimum Gasteiger partial charge on any atom is -0.256 e. The largest absolute Gasteiger partial charge is 0.256 e. The molecule has 0 saturated carbocycles. The van der Waals surface area contributed by atoms with Crippen molar-refractivity contribution in [2.24, 2.45) is 0 Å². The van der Waals surface area contributed by atoms with Gasteiger partial charge in [-0.25, -0.2) is 0 Å². The van der Waals surface area contributed by atoms with Crippen molar-refractivity contribution < 1.29 is 0 Å². The molecule has 0 saturated heterocycles. The van der Waals surface area contributed by atoms with Gasteiger partial charge in [-0.1, -0.05) is 69.2 Å². The maximum atomic E-state index is 4.59. The Bertz CT molecular complexity index is 549. The first kappa shape index (κ1) is 15.5. The molecular weight excluding hydrogens is 254 g/mol. The summed E-state index contributed by atoms with van der Waals surface area (Å²) in [5.74, 6) is 0. The van der Waals surface area contributed by atoms with Crippen LogP contribution in [-0.2, 0) is 6.42 Å². The van der Waals surface area contributed by atoms with Crippen molar-refractivity contribution >= 4 is 6.08 Å². The summed E-state index contributed by atoms with van der Waals surface area (Å²) >= 11 is 0. The third-order valence-corrected chi connectivity index (χ3v) is 3.62. The predicted molar refractivity (Wildman–Crippen MR) is 92.2 cm³/mol. The summed E-state index contributed by atoms with van der Waals surface area (Å²) in [5.41, 5.74) is 4.83.